The molecule has 0 spiro atoms. The average Bonchev–Trinajstić information content (AvgIpc) is 0.860. The highest BCUT2D eigenvalue weighted by atomic mass is 19.1. The Morgan fingerprint density at radius 1 is 0.337 bits per heavy atom. The molecule has 4 heterocycles. The molecular formula is C87H82F2N8O7. The fraction of sp³-hybridized carbons (Fsp3) is 0.161. The lowest BCUT2D eigenvalue weighted by molar-refractivity contribution is -0.121. The molecule has 0 fully saturated rings. The van der Waals surface area contributed by atoms with Gasteiger partial charge in [0.15, 0.2) is 0 Å². The Bertz CT molecular complexity index is 4810. The van der Waals surface area contributed by atoms with Crippen LogP contribution in [0.25, 0.3) is 45.0 Å². The Morgan fingerprint density at radius 3 is 0.962 bits per heavy atom. The summed E-state index contributed by atoms with van der Waals surface area (Å²) in [5.74, 6) is -0.858. The zero-order valence-corrected chi connectivity index (χ0v) is 58.7. The van der Waals surface area contributed by atoms with Gasteiger partial charge in [-0.3, -0.25) is 39.1 Å². The first-order valence-electron chi connectivity index (χ1n) is 34.0. The van der Waals surface area contributed by atoms with Gasteiger partial charge < -0.3 is 31.1 Å². The second kappa shape index (κ2) is 38.8. The number of rotatable bonds is 23. The molecule has 12 rings (SSSR count). The Morgan fingerprint density at radius 2 is 0.654 bits per heavy atom. The van der Waals surface area contributed by atoms with Crippen LogP contribution in [0.2, 0.25) is 0 Å². The van der Waals surface area contributed by atoms with Crippen LogP contribution in [-0.4, -0.2) is 61.2 Å². The molecular weight excluding hydrogens is 1310 g/mol. The number of pyridine rings is 4. The molecule has 8 aromatic carbocycles. The number of hydrogen-bond donors (Lipinski definition) is 5. The molecule has 5 N–H and O–H groups in total. The number of carbonyl (C=O) groups is 5. The maximum atomic E-state index is 13.3. The molecule has 4 amide bonds. The SMILES string of the molecule is CCOc1cccc(-c2ccc(CC(=O)NCc3cccc(C)c3)cn2)c1.Cc1cccc(CNC(=O)Cc2ccc(-c3ccc(C(=O)O)cc3)nc2)c1.Cc1cccc(CNC(=O)Cc2ccc(-c3ccc(F)cc3)nc2)c1.Cc1cccc(CNC(=O)Cc2ccc(-c3cccc(F)c3)nc2)c1. The first-order valence-corrected chi connectivity index (χ1v) is 34.0. The molecule has 0 aliphatic rings. The van der Waals surface area contributed by atoms with Crippen LogP contribution in [0.15, 0.2) is 267 Å². The number of benzene rings is 8. The van der Waals surface area contributed by atoms with Crippen molar-refractivity contribution < 1.29 is 42.6 Å². The van der Waals surface area contributed by atoms with Gasteiger partial charge in [0.1, 0.15) is 17.4 Å². The third-order valence-electron chi connectivity index (χ3n) is 16.2. The highest BCUT2D eigenvalue weighted by Gasteiger charge is 2.12. The van der Waals surface area contributed by atoms with Crippen molar-refractivity contribution in [1.82, 2.24) is 41.2 Å². The summed E-state index contributed by atoms with van der Waals surface area (Å²) in [6.45, 7) is 12.8. The number of halogens is 2. The van der Waals surface area contributed by atoms with Crippen LogP contribution in [-0.2, 0) is 71.0 Å². The molecule has 0 saturated carbocycles. The van der Waals surface area contributed by atoms with E-state index in [0.717, 1.165) is 95.2 Å². The number of carbonyl (C=O) groups excluding carboxylic acids is 4. The van der Waals surface area contributed by atoms with Crippen LogP contribution in [0.4, 0.5) is 8.78 Å². The summed E-state index contributed by atoms with van der Waals surface area (Å²) in [7, 11) is 0. The molecule has 0 bridgehead atoms. The fourth-order valence-corrected chi connectivity index (χ4v) is 10.8. The summed E-state index contributed by atoms with van der Waals surface area (Å²) >= 11 is 0. The van der Waals surface area contributed by atoms with E-state index in [1.807, 2.05) is 180 Å². The summed E-state index contributed by atoms with van der Waals surface area (Å²) in [4.78, 5) is 76.9. The molecule has 0 radical (unpaired) electrons. The van der Waals surface area contributed by atoms with E-state index in [9.17, 15) is 32.8 Å². The van der Waals surface area contributed by atoms with E-state index in [4.69, 9.17) is 9.84 Å². The van der Waals surface area contributed by atoms with Gasteiger partial charge in [-0.1, -0.05) is 180 Å². The lowest BCUT2D eigenvalue weighted by Gasteiger charge is -2.08. The van der Waals surface area contributed by atoms with Crippen LogP contribution >= 0.6 is 0 Å². The third kappa shape index (κ3) is 25.2. The maximum Gasteiger partial charge on any atom is 0.335 e. The first-order chi connectivity index (χ1) is 50.3. The van der Waals surface area contributed by atoms with Gasteiger partial charge in [0, 0.05) is 73.2 Å². The van der Waals surface area contributed by atoms with Gasteiger partial charge in [0.25, 0.3) is 0 Å². The zero-order chi connectivity index (χ0) is 73.6. The van der Waals surface area contributed by atoms with Crippen molar-refractivity contribution in [1.29, 1.82) is 0 Å². The summed E-state index contributed by atoms with van der Waals surface area (Å²) in [6.07, 6.45) is 7.90. The van der Waals surface area contributed by atoms with Crippen molar-refractivity contribution in [3.05, 3.63) is 351 Å². The molecule has 0 saturated heterocycles. The number of ether oxygens (including phenoxy) is 1. The van der Waals surface area contributed by atoms with Gasteiger partial charge in [-0.05, 0) is 164 Å². The van der Waals surface area contributed by atoms with Crippen LogP contribution in [0.1, 0.15) is 84.0 Å². The number of carboxylic acid groups (broad SMARTS) is 1. The molecule has 0 unspecified atom stereocenters. The number of hydrogen-bond acceptors (Lipinski definition) is 10. The molecule has 0 aliphatic heterocycles. The lowest BCUT2D eigenvalue weighted by Crippen LogP contribution is -2.24. The van der Waals surface area contributed by atoms with Gasteiger partial charge >= 0.3 is 5.97 Å². The van der Waals surface area contributed by atoms with Crippen molar-refractivity contribution >= 4 is 29.6 Å². The monoisotopic (exact) mass is 1390 g/mol. The topological polar surface area (TPSA) is 214 Å². The molecule has 104 heavy (non-hydrogen) atoms. The van der Waals surface area contributed by atoms with Gasteiger partial charge in [-0.15, -0.1) is 0 Å². The normalized spacial score (nSPS) is 10.5. The standard InChI is InChI=1S/C23H24N2O2.C22H20N2O3.2C21H19FN2O/c1-3-27-21-9-5-8-20(14-21)22-11-10-19(15-24-22)13-23(26)25-16-18-7-4-6-17(2)12-18;1-15-3-2-4-16(11-15)14-24-21(25)12-17-5-10-20(23-13-17)18-6-8-19(9-7-18)22(26)27;1-15-4-2-5-16(10-15)14-24-21(25)11-17-8-9-20(23-13-17)18-6-3-7-19(22)12-18;1-15-3-2-4-16(11-15)14-24-21(25)12-17-5-10-20(23-13-17)18-6-8-19(22)9-7-18/h4-12,14-15H,3,13,16H2,1-2H3,(H,25,26);2-11,13H,12,14H2,1H3,(H,24,25)(H,26,27);2-10,12-13H,11,14H2,1H3,(H,24,25);2-11,13H,12,14H2,1H3,(H,24,25). The molecule has 526 valence electrons. The minimum Gasteiger partial charge on any atom is -0.494 e. The number of amides is 4. The Hall–Kier alpha value is -12.6. The second-order valence-corrected chi connectivity index (χ2v) is 24.8. The van der Waals surface area contributed by atoms with Crippen molar-refractivity contribution in [2.24, 2.45) is 0 Å². The number of aryl methyl sites for hydroxylation is 4. The van der Waals surface area contributed by atoms with E-state index in [1.165, 1.54) is 41.0 Å². The van der Waals surface area contributed by atoms with E-state index in [2.05, 4.69) is 59.4 Å². The summed E-state index contributed by atoms with van der Waals surface area (Å²) in [5.41, 5.74) is 19.1. The van der Waals surface area contributed by atoms with Crippen LogP contribution in [0, 0.1) is 39.3 Å². The van der Waals surface area contributed by atoms with E-state index in [-0.39, 0.29) is 60.1 Å². The predicted molar refractivity (Wildman–Crippen MR) is 404 cm³/mol. The lowest BCUT2D eigenvalue weighted by atomic mass is 10.1. The minimum absolute atomic E-state index is 0.00982. The molecule has 0 aliphatic carbocycles. The highest BCUT2D eigenvalue weighted by Crippen LogP contribution is 2.25. The Labute approximate surface area is 605 Å². The predicted octanol–water partition coefficient (Wildman–Crippen LogP) is 16.0. The molecule has 17 heteroatoms. The van der Waals surface area contributed by atoms with E-state index < -0.39 is 5.97 Å². The van der Waals surface area contributed by atoms with Crippen molar-refractivity contribution in [3.63, 3.8) is 0 Å². The van der Waals surface area contributed by atoms with Gasteiger partial charge in [0.2, 0.25) is 23.6 Å². The largest absolute Gasteiger partial charge is 0.494 e. The summed E-state index contributed by atoms with van der Waals surface area (Å²) in [6, 6.07) is 74.1. The van der Waals surface area contributed by atoms with Crippen LogP contribution < -0.4 is 26.0 Å². The van der Waals surface area contributed by atoms with Gasteiger partial charge in [-0.25, -0.2) is 13.6 Å². The third-order valence-corrected chi connectivity index (χ3v) is 16.2. The molecule has 15 nitrogen and oxygen atoms in total. The number of nitrogens with zero attached hydrogens (tertiary/aromatic N) is 4. The van der Waals surface area contributed by atoms with E-state index >= 15 is 0 Å². The number of aromatic carboxylic acids is 1. The van der Waals surface area contributed by atoms with Crippen molar-refractivity contribution in [3.8, 4) is 50.8 Å². The van der Waals surface area contributed by atoms with E-state index in [1.54, 1.807) is 79.4 Å². The first kappa shape index (κ1) is 75.6. The smallest absolute Gasteiger partial charge is 0.335 e. The van der Waals surface area contributed by atoms with Gasteiger partial charge in [0.05, 0.1) is 60.6 Å². The van der Waals surface area contributed by atoms with Crippen LogP contribution in [0.5, 0.6) is 5.75 Å². The zero-order valence-electron chi connectivity index (χ0n) is 58.7. The minimum atomic E-state index is -0.957. The average molecular weight is 1390 g/mol. The molecule has 0 atom stereocenters. The Balaban J connectivity index is 0.000000161. The van der Waals surface area contributed by atoms with Crippen LogP contribution in [0.3, 0.4) is 0 Å². The Kier molecular flexibility index (Phi) is 28.2. The number of aromatic nitrogens is 4. The second-order valence-electron chi connectivity index (χ2n) is 24.8. The number of nitrogens with one attached hydrogen (secondary N) is 4. The van der Waals surface area contributed by atoms with E-state index in [0.29, 0.717) is 44.9 Å². The molecule has 12 aromatic rings. The van der Waals surface area contributed by atoms with Crippen molar-refractivity contribution in [2.75, 3.05) is 6.61 Å². The van der Waals surface area contributed by atoms with Gasteiger partial charge in [-0.2, -0.15) is 0 Å². The summed E-state index contributed by atoms with van der Waals surface area (Å²) < 4.78 is 31.8. The fourth-order valence-electron chi connectivity index (χ4n) is 10.8. The molecule has 4 aromatic heterocycles. The highest BCUT2D eigenvalue weighted by molar-refractivity contribution is 5.88. The van der Waals surface area contributed by atoms with Crippen molar-refractivity contribution in [2.45, 2.75) is 86.5 Å². The maximum absolute atomic E-state index is 13.3. The quantitative estimate of drug-likeness (QED) is 0.0406. The number of carboxylic acids is 1. The summed E-state index contributed by atoms with van der Waals surface area (Å²) in [5, 5.41) is 20.6.